The lowest BCUT2D eigenvalue weighted by atomic mass is 10.0. The van der Waals surface area contributed by atoms with Crippen LogP contribution in [0.3, 0.4) is 0 Å². The fraction of sp³-hybridized carbons (Fsp3) is 0.259. The molecule has 2 N–H and O–H groups in total. The molecule has 0 aliphatic carbocycles. The molecule has 1 aliphatic heterocycles. The maximum absolute atomic E-state index is 13.6. The van der Waals surface area contributed by atoms with Crippen molar-refractivity contribution in [2.75, 3.05) is 38.8 Å². The average Bonchev–Trinajstić information content (AvgIpc) is 3.35. The predicted octanol–water partition coefficient (Wildman–Crippen LogP) is 3.52. The molecule has 0 saturated carbocycles. The molecule has 0 saturated heterocycles. The molecule has 0 fully saturated rings. The highest BCUT2D eigenvalue weighted by Crippen LogP contribution is 2.35. The number of carbonyl (C=O) groups excluding carboxylic acids is 2. The molecule has 1 aliphatic rings. The SMILES string of the molecule is CCn1cc(NC(=O)c2cc(-c3ccc4c(c3)OCCO4)nc3ccccc23)c(C(=O)NCCOC)n1. The Hall–Kier alpha value is -4.44. The number of aromatic nitrogens is 3. The van der Waals surface area contributed by atoms with Crippen LogP contribution in [0.5, 0.6) is 11.5 Å². The monoisotopic (exact) mass is 501 g/mol. The summed E-state index contributed by atoms with van der Waals surface area (Å²) in [6.45, 7) is 4.12. The summed E-state index contributed by atoms with van der Waals surface area (Å²) in [5, 5.41) is 10.7. The van der Waals surface area contributed by atoms with Crippen LogP contribution < -0.4 is 20.1 Å². The Kier molecular flexibility index (Phi) is 7.00. The number of nitrogens with zero attached hydrogens (tertiary/aromatic N) is 3. The van der Waals surface area contributed by atoms with Crippen molar-refractivity contribution in [2.45, 2.75) is 13.5 Å². The number of aryl methyl sites for hydroxylation is 1. The van der Waals surface area contributed by atoms with Crippen LogP contribution in [0.2, 0.25) is 0 Å². The number of methoxy groups -OCH3 is 1. The van der Waals surface area contributed by atoms with E-state index in [0.29, 0.717) is 72.3 Å². The van der Waals surface area contributed by atoms with E-state index in [1.165, 1.54) is 0 Å². The van der Waals surface area contributed by atoms with E-state index in [1.54, 1.807) is 24.1 Å². The second kappa shape index (κ2) is 10.7. The number of carbonyl (C=O) groups is 2. The maximum Gasteiger partial charge on any atom is 0.274 e. The van der Waals surface area contributed by atoms with E-state index in [-0.39, 0.29) is 11.6 Å². The van der Waals surface area contributed by atoms with Crippen molar-refractivity contribution in [1.82, 2.24) is 20.1 Å². The minimum atomic E-state index is -0.392. The van der Waals surface area contributed by atoms with Gasteiger partial charge in [-0.1, -0.05) is 18.2 Å². The van der Waals surface area contributed by atoms with E-state index in [0.717, 1.165) is 5.56 Å². The van der Waals surface area contributed by atoms with E-state index in [1.807, 2.05) is 49.4 Å². The molecule has 0 bridgehead atoms. The molecule has 10 heteroatoms. The number of fused-ring (bicyclic) bond motifs is 2. The molecule has 0 radical (unpaired) electrons. The molecule has 2 aromatic heterocycles. The highest BCUT2D eigenvalue weighted by Gasteiger charge is 2.21. The molecular weight excluding hydrogens is 474 g/mol. The summed E-state index contributed by atoms with van der Waals surface area (Å²) in [5.74, 6) is 0.550. The topological polar surface area (TPSA) is 117 Å². The van der Waals surface area contributed by atoms with Gasteiger partial charge in [0, 0.05) is 37.3 Å². The summed E-state index contributed by atoms with van der Waals surface area (Å²) >= 11 is 0. The van der Waals surface area contributed by atoms with Crippen molar-refractivity contribution < 1.29 is 23.8 Å². The van der Waals surface area contributed by atoms with Gasteiger partial charge in [-0.25, -0.2) is 4.98 Å². The zero-order chi connectivity index (χ0) is 25.8. The molecule has 190 valence electrons. The standard InChI is InChI=1S/C27H27N5O5/c1-3-32-16-22(25(31-32)27(34)28-10-11-35-2)30-26(33)19-15-21(29-20-7-5-4-6-18(19)20)17-8-9-23-24(14-17)37-13-12-36-23/h4-9,14-16H,3,10-13H2,1-2H3,(H,28,34)(H,30,33). The first kappa shape index (κ1) is 24.3. The molecule has 0 atom stereocenters. The smallest absolute Gasteiger partial charge is 0.274 e. The zero-order valence-corrected chi connectivity index (χ0v) is 20.6. The van der Waals surface area contributed by atoms with Crippen LogP contribution in [-0.2, 0) is 11.3 Å². The van der Waals surface area contributed by atoms with Crippen molar-refractivity contribution in [2.24, 2.45) is 0 Å². The maximum atomic E-state index is 13.6. The van der Waals surface area contributed by atoms with Crippen LogP contribution in [0, 0.1) is 0 Å². The molecule has 4 aromatic rings. The van der Waals surface area contributed by atoms with Crippen LogP contribution >= 0.6 is 0 Å². The molecule has 0 unspecified atom stereocenters. The normalized spacial score (nSPS) is 12.4. The van der Waals surface area contributed by atoms with Gasteiger partial charge in [0.05, 0.1) is 29.1 Å². The quantitative estimate of drug-likeness (QED) is 0.355. The van der Waals surface area contributed by atoms with Crippen LogP contribution in [0.15, 0.2) is 54.7 Å². The lowest BCUT2D eigenvalue weighted by molar-refractivity contribution is 0.0932. The Morgan fingerprint density at radius 1 is 1.05 bits per heavy atom. The van der Waals surface area contributed by atoms with Crippen LogP contribution in [0.25, 0.3) is 22.2 Å². The van der Waals surface area contributed by atoms with Crippen molar-refractivity contribution in [3.05, 3.63) is 66.0 Å². The third kappa shape index (κ3) is 5.10. The second-order valence-corrected chi connectivity index (χ2v) is 8.38. The number of pyridine rings is 1. The van der Waals surface area contributed by atoms with Gasteiger partial charge in [0.1, 0.15) is 13.2 Å². The highest BCUT2D eigenvalue weighted by molar-refractivity contribution is 6.14. The summed E-state index contributed by atoms with van der Waals surface area (Å²) in [7, 11) is 1.56. The number of amides is 2. The highest BCUT2D eigenvalue weighted by atomic mass is 16.6. The van der Waals surface area contributed by atoms with Gasteiger partial charge in [-0.2, -0.15) is 5.10 Å². The fourth-order valence-electron chi connectivity index (χ4n) is 4.10. The zero-order valence-electron chi connectivity index (χ0n) is 20.6. The molecule has 2 amide bonds. The van der Waals surface area contributed by atoms with Gasteiger partial charge in [0.25, 0.3) is 11.8 Å². The Bertz CT molecular complexity index is 1470. The van der Waals surface area contributed by atoms with Gasteiger partial charge >= 0.3 is 0 Å². The van der Waals surface area contributed by atoms with Gasteiger partial charge in [-0.05, 0) is 37.3 Å². The average molecular weight is 502 g/mol. The number of hydrogen-bond donors (Lipinski definition) is 2. The number of anilines is 1. The van der Waals surface area contributed by atoms with Gasteiger partial charge in [0.2, 0.25) is 0 Å². The lowest BCUT2D eigenvalue weighted by Crippen LogP contribution is -2.28. The lowest BCUT2D eigenvalue weighted by Gasteiger charge is -2.19. The van der Waals surface area contributed by atoms with Crippen LogP contribution in [-0.4, -0.2) is 60.1 Å². The third-order valence-corrected chi connectivity index (χ3v) is 5.94. The van der Waals surface area contributed by atoms with Crippen molar-refractivity contribution in [1.29, 1.82) is 0 Å². The molecule has 37 heavy (non-hydrogen) atoms. The van der Waals surface area contributed by atoms with Gasteiger partial charge in [-0.15, -0.1) is 0 Å². The largest absolute Gasteiger partial charge is 0.486 e. The number of para-hydroxylation sites is 1. The number of ether oxygens (including phenoxy) is 3. The van der Waals surface area contributed by atoms with Gasteiger partial charge in [-0.3, -0.25) is 14.3 Å². The van der Waals surface area contributed by atoms with Crippen molar-refractivity contribution in [3.63, 3.8) is 0 Å². The minimum absolute atomic E-state index is 0.136. The van der Waals surface area contributed by atoms with Crippen molar-refractivity contribution in [3.8, 4) is 22.8 Å². The number of nitrogens with one attached hydrogen (secondary N) is 2. The van der Waals surface area contributed by atoms with E-state index in [9.17, 15) is 9.59 Å². The van der Waals surface area contributed by atoms with E-state index < -0.39 is 5.91 Å². The van der Waals surface area contributed by atoms with Crippen LogP contribution in [0.4, 0.5) is 5.69 Å². The summed E-state index contributed by atoms with van der Waals surface area (Å²) in [5.41, 5.74) is 2.95. The summed E-state index contributed by atoms with van der Waals surface area (Å²) in [4.78, 5) is 31.1. The molecule has 0 spiro atoms. The number of rotatable bonds is 8. The fourth-order valence-corrected chi connectivity index (χ4v) is 4.10. The summed E-state index contributed by atoms with van der Waals surface area (Å²) in [6, 6.07) is 14.8. The first-order chi connectivity index (χ1) is 18.1. The Morgan fingerprint density at radius 3 is 2.68 bits per heavy atom. The van der Waals surface area contributed by atoms with E-state index >= 15 is 0 Å². The predicted molar refractivity (Wildman–Crippen MR) is 138 cm³/mol. The van der Waals surface area contributed by atoms with Gasteiger partial charge < -0.3 is 24.8 Å². The first-order valence-electron chi connectivity index (χ1n) is 12.0. The minimum Gasteiger partial charge on any atom is -0.486 e. The Labute approximate surface area is 213 Å². The molecule has 5 rings (SSSR count). The molecule has 10 nitrogen and oxygen atoms in total. The Morgan fingerprint density at radius 2 is 1.86 bits per heavy atom. The third-order valence-electron chi connectivity index (χ3n) is 5.94. The van der Waals surface area contributed by atoms with Crippen LogP contribution in [0.1, 0.15) is 27.8 Å². The van der Waals surface area contributed by atoms with E-state index in [4.69, 9.17) is 19.2 Å². The first-order valence-corrected chi connectivity index (χ1v) is 12.0. The number of hydrogen-bond acceptors (Lipinski definition) is 7. The second-order valence-electron chi connectivity index (χ2n) is 8.38. The summed E-state index contributed by atoms with van der Waals surface area (Å²) in [6.07, 6.45) is 1.65. The molecule has 2 aromatic carbocycles. The van der Waals surface area contributed by atoms with Crippen molar-refractivity contribution >= 4 is 28.4 Å². The van der Waals surface area contributed by atoms with Gasteiger partial charge in [0.15, 0.2) is 17.2 Å². The molecule has 3 heterocycles. The number of benzene rings is 2. The Balaban J connectivity index is 1.50. The molecular formula is C27H27N5O5. The van der Waals surface area contributed by atoms with E-state index in [2.05, 4.69) is 15.7 Å². The summed E-state index contributed by atoms with van der Waals surface area (Å²) < 4.78 is 18.0.